The molecule has 1 N–H and O–H groups in total. The van der Waals surface area contributed by atoms with Gasteiger partial charge in [0.25, 0.3) is 0 Å². The number of hydrogen-bond acceptors (Lipinski definition) is 4. The van der Waals surface area contributed by atoms with E-state index in [0.717, 1.165) is 49.2 Å². The number of nitrogens with one attached hydrogen (secondary N) is 1. The van der Waals surface area contributed by atoms with E-state index in [2.05, 4.69) is 10.3 Å². The smallest absolute Gasteiger partial charge is 0.231 e. The Hall–Kier alpha value is -2.09. The van der Waals surface area contributed by atoms with Crippen molar-refractivity contribution in [1.29, 1.82) is 0 Å². The largest absolute Gasteiger partial charge is 0.339 e. The fourth-order valence-corrected chi connectivity index (χ4v) is 4.54. The molecule has 2 amide bonds. The summed E-state index contributed by atoms with van der Waals surface area (Å²) in [7, 11) is 0. The third kappa shape index (κ3) is 3.10. The predicted molar refractivity (Wildman–Crippen MR) is 90.2 cm³/mol. The van der Waals surface area contributed by atoms with E-state index in [4.69, 9.17) is 0 Å². The van der Waals surface area contributed by atoms with Crippen LogP contribution in [0.3, 0.4) is 0 Å². The second-order valence-electron chi connectivity index (χ2n) is 6.63. The third-order valence-electron chi connectivity index (χ3n) is 4.96. The van der Waals surface area contributed by atoms with Crippen LogP contribution in [-0.2, 0) is 9.59 Å². The minimum absolute atomic E-state index is 0.0282. The molecule has 8 heteroatoms. The number of aromatic nitrogens is 1. The number of rotatable bonds is 3. The van der Waals surface area contributed by atoms with Crippen molar-refractivity contribution in [2.45, 2.75) is 38.1 Å². The molecule has 1 aromatic heterocycles. The van der Waals surface area contributed by atoms with Crippen LogP contribution in [0.2, 0.25) is 0 Å². The Kier molecular flexibility index (Phi) is 4.15. The quantitative estimate of drug-likeness (QED) is 0.908. The Morgan fingerprint density at radius 2 is 1.96 bits per heavy atom. The minimum Gasteiger partial charge on any atom is -0.339 e. The van der Waals surface area contributed by atoms with Gasteiger partial charge in [0.05, 0.1) is 16.1 Å². The average molecular weight is 365 g/mol. The molecule has 2 heterocycles. The lowest BCUT2D eigenvalue weighted by Crippen LogP contribution is -2.35. The van der Waals surface area contributed by atoms with Crippen molar-refractivity contribution in [2.75, 3.05) is 11.9 Å². The molecule has 132 valence electrons. The number of amides is 2. The fraction of sp³-hybridized carbons (Fsp3) is 0.471. The molecule has 5 nitrogen and oxygen atoms in total. The lowest BCUT2D eigenvalue weighted by atomic mass is 10.1. The lowest BCUT2D eigenvalue weighted by Gasteiger charge is -2.23. The molecule has 0 spiro atoms. The maximum Gasteiger partial charge on any atom is 0.231 e. The summed E-state index contributed by atoms with van der Waals surface area (Å²) >= 11 is 1.09. The molecule has 1 aliphatic carbocycles. The molecule has 1 saturated carbocycles. The highest BCUT2D eigenvalue weighted by molar-refractivity contribution is 7.22. The molecule has 0 unspecified atom stereocenters. The molecule has 0 bridgehead atoms. The van der Waals surface area contributed by atoms with Gasteiger partial charge in [0.1, 0.15) is 0 Å². The van der Waals surface area contributed by atoms with Crippen molar-refractivity contribution in [1.82, 2.24) is 9.88 Å². The highest BCUT2D eigenvalue weighted by Crippen LogP contribution is 2.31. The molecule has 2 aliphatic rings. The summed E-state index contributed by atoms with van der Waals surface area (Å²) in [4.78, 5) is 30.6. The molecule has 1 atom stereocenters. The number of halogens is 2. The predicted octanol–water partition coefficient (Wildman–Crippen LogP) is 3.30. The molecule has 1 aliphatic heterocycles. The van der Waals surface area contributed by atoms with Gasteiger partial charge in [-0.3, -0.25) is 9.59 Å². The first-order chi connectivity index (χ1) is 12.0. The monoisotopic (exact) mass is 365 g/mol. The van der Waals surface area contributed by atoms with Crippen LogP contribution < -0.4 is 5.32 Å². The summed E-state index contributed by atoms with van der Waals surface area (Å²) in [6.07, 6.45) is 4.48. The zero-order valence-corrected chi connectivity index (χ0v) is 14.2. The zero-order chi connectivity index (χ0) is 17.6. The van der Waals surface area contributed by atoms with Gasteiger partial charge in [0.15, 0.2) is 16.8 Å². The van der Waals surface area contributed by atoms with Crippen molar-refractivity contribution in [3.63, 3.8) is 0 Å². The topological polar surface area (TPSA) is 62.3 Å². The molecule has 1 aromatic carbocycles. The van der Waals surface area contributed by atoms with E-state index < -0.39 is 17.6 Å². The van der Waals surface area contributed by atoms with Gasteiger partial charge in [-0.1, -0.05) is 24.2 Å². The van der Waals surface area contributed by atoms with Crippen LogP contribution in [0.5, 0.6) is 0 Å². The van der Waals surface area contributed by atoms with Crippen LogP contribution in [0.15, 0.2) is 12.1 Å². The number of anilines is 1. The number of likely N-dealkylation sites (tertiary alicyclic amines) is 1. The number of benzene rings is 1. The number of carbonyl (C=O) groups excluding carboxylic acids is 2. The van der Waals surface area contributed by atoms with E-state index in [1.165, 1.54) is 0 Å². The Bertz CT molecular complexity index is 809. The molecular weight excluding hydrogens is 348 g/mol. The minimum atomic E-state index is -0.968. The van der Waals surface area contributed by atoms with Crippen molar-refractivity contribution in [3.8, 4) is 0 Å². The van der Waals surface area contributed by atoms with Crippen LogP contribution in [0.25, 0.3) is 10.2 Å². The van der Waals surface area contributed by atoms with Crippen LogP contribution >= 0.6 is 11.3 Å². The number of hydrogen-bond donors (Lipinski definition) is 1. The van der Waals surface area contributed by atoms with E-state index in [0.29, 0.717) is 16.8 Å². The van der Waals surface area contributed by atoms with E-state index in [9.17, 15) is 18.4 Å². The van der Waals surface area contributed by atoms with E-state index in [1.54, 1.807) is 0 Å². The second kappa shape index (κ2) is 6.33. The Balaban J connectivity index is 1.46. The summed E-state index contributed by atoms with van der Waals surface area (Å²) in [5.41, 5.74) is 0.300. The number of nitrogens with zero attached hydrogens (tertiary/aromatic N) is 2. The fourth-order valence-electron chi connectivity index (χ4n) is 3.66. The SMILES string of the molecule is O=C(Nc1nc2cc(F)c(F)cc2s1)[C@H]1CC(=O)N(C2CCCC2)C1. The van der Waals surface area contributed by atoms with Crippen molar-refractivity contribution in [3.05, 3.63) is 23.8 Å². The first-order valence-electron chi connectivity index (χ1n) is 8.37. The second-order valence-corrected chi connectivity index (χ2v) is 7.66. The molecule has 0 radical (unpaired) electrons. The maximum atomic E-state index is 13.3. The van der Waals surface area contributed by atoms with Crippen molar-refractivity contribution < 1.29 is 18.4 Å². The maximum absolute atomic E-state index is 13.3. The number of carbonyl (C=O) groups is 2. The van der Waals surface area contributed by atoms with Gasteiger partial charge in [0, 0.05) is 25.1 Å². The van der Waals surface area contributed by atoms with E-state index >= 15 is 0 Å². The van der Waals surface area contributed by atoms with Gasteiger partial charge in [-0.05, 0) is 18.9 Å². The Labute approximate surface area is 147 Å². The normalized spacial score (nSPS) is 21.4. The van der Waals surface area contributed by atoms with Gasteiger partial charge >= 0.3 is 0 Å². The van der Waals surface area contributed by atoms with Crippen LogP contribution in [0.4, 0.5) is 13.9 Å². The van der Waals surface area contributed by atoms with Gasteiger partial charge in [0.2, 0.25) is 11.8 Å². The van der Waals surface area contributed by atoms with Crippen LogP contribution in [0.1, 0.15) is 32.1 Å². The van der Waals surface area contributed by atoms with Crippen LogP contribution in [-0.4, -0.2) is 34.3 Å². The Morgan fingerprint density at radius 1 is 1.24 bits per heavy atom. The lowest BCUT2D eigenvalue weighted by molar-refractivity contribution is -0.129. The van der Waals surface area contributed by atoms with Gasteiger partial charge in [-0.2, -0.15) is 0 Å². The zero-order valence-electron chi connectivity index (χ0n) is 13.4. The first kappa shape index (κ1) is 16.4. The van der Waals surface area contributed by atoms with Crippen molar-refractivity contribution in [2.24, 2.45) is 5.92 Å². The number of fused-ring (bicyclic) bond motifs is 1. The first-order valence-corrected chi connectivity index (χ1v) is 9.19. The highest BCUT2D eigenvalue weighted by atomic mass is 32.1. The van der Waals surface area contributed by atoms with Crippen LogP contribution in [0, 0.1) is 17.6 Å². The average Bonchev–Trinajstić information content (AvgIpc) is 3.27. The molecule has 25 heavy (non-hydrogen) atoms. The molecule has 2 aromatic rings. The van der Waals surface area contributed by atoms with Gasteiger partial charge in [-0.25, -0.2) is 13.8 Å². The van der Waals surface area contributed by atoms with E-state index in [1.807, 2.05) is 4.90 Å². The van der Waals surface area contributed by atoms with Gasteiger partial charge < -0.3 is 10.2 Å². The van der Waals surface area contributed by atoms with Gasteiger partial charge in [-0.15, -0.1) is 0 Å². The highest BCUT2D eigenvalue weighted by Gasteiger charge is 2.38. The third-order valence-corrected chi connectivity index (χ3v) is 5.89. The standard InChI is InChI=1S/C17H17F2N3O2S/c18-11-6-13-14(7-12(11)19)25-17(20-13)21-16(24)9-5-15(23)22(8-9)10-3-1-2-4-10/h6-7,9-10H,1-5,8H2,(H,20,21,24)/t9-/m0/s1. The molecule has 2 fully saturated rings. The molecule has 1 saturated heterocycles. The number of thiazole rings is 1. The van der Waals surface area contributed by atoms with E-state index in [-0.39, 0.29) is 29.4 Å². The van der Waals surface area contributed by atoms with Crippen molar-refractivity contribution >= 4 is 38.5 Å². The summed E-state index contributed by atoms with van der Waals surface area (Å²) in [6.45, 7) is 0.434. The summed E-state index contributed by atoms with van der Waals surface area (Å²) in [5.74, 6) is -2.56. The summed E-state index contributed by atoms with van der Waals surface area (Å²) in [5, 5.41) is 2.98. The molecular formula is C17H17F2N3O2S. The summed E-state index contributed by atoms with van der Waals surface area (Å²) in [6, 6.07) is 2.34. The summed E-state index contributed by atoms with van der Waals surface area (Å²) < 4.78 is 27.0. The molecule has 4 rings (SSSR count). The Morgan fingerprint density at radius 3 is 2.72 bits per heavy atom.